The molecular weight excluding hydrogens is 234 g/mol. The van der Waals surface area contributed by atoms with E-state index < -0.39 is 0 Å². The first-order chi connectivity index (χ1) is 9.22. The first-order valence-electron chi connectivity index (χ1n) is 8.63. The summed E-state index contributed by atoms with van der Waals surface area (Å²) in [5.41, 5.74) is 0. The highest BCUT2D eigenvalue weighted by molar-refractivity contribution is 4.83. The van der Waals surface area contributed by atoms with Gasteiger partial charge in [-0.15, -0.1) is 0 Å². The van der Waals surface area contributed by atoms with E-state index in [0.29, 0.717) is 5.92 Å². The van der Waals surface area contributed by atoms with Crippen molar-refractivity contribution in [1.82, 2.24) is 4.90 Å². The van der Waals surface area contributed by atoms with E-state index in [1.165, 1.54) is 58.0 Å². The van der Waals surface area contributed by atoms with Crippen LogP contribution >= 0.6 is 0 Å². The van der Waals surface area contributed by atoms with Crippen LogP contribution in [0.4, 0.5) is 0 Å². The quantitative estimate of drug-likeness (QED) is 0.821. The molecule has 2 heteroatoms. The van der Waals surface area contributed by atoms with Gasteiger partial charge in [-0.25, -0.2) is 0 Å². The van der Waals surface area contributed by atoms with E-state index >= 15 is 0 Å². The van der Waals surface area contributed by atoms with Gasteiger partial charge in [-0.3, -0.25) is 0 Å². The molecule has 0 aromatic heterocycles. The smallest absolute Gasteiger partial charge is 0.0580 e. The van der Waals surface area contributed by atoms with Crippen LogP contribution in [0.2, 0.25) is 0 Å². The SMILES string of the molecule is CCCC1CCC(O)C(CN2CCCC(CC)C2)C1. The Labute approximate surface area is 119 Å². The zero-order valence-electron chi connectivity index (χ0n) is 13.0. The van der Waals surface area contributed by atoms with Crippen molar-refractivity contribution < 1.29 is 5.11 Å². The fourth-order valence-corrected chi connectivity index (χ4v) is 4.19. The van der Waals surface area contributed by atoms with Crippen molar-refractivity contribution in [2.75, 3.05) is 19.6 Å². The van der Waals surface area contributed by atoms with E-state index in [9.17, 15) is 5.11 Å². The van der Waals surface area contributed by atoms with Crippen molar-refractivity contribution in [3.05, 3.63) is 0 Å². The summed E-state index contributed by atoms with van der Waals surface area (Å²) in [6.07, 6.45) is 10.3. The molecule has 1 N–H and O–H groups in total. The van der Waals surface area contributed by atoms with Crippen LogP contribution in [-0.4, -0.2) is 35.7 Å². The van der Waals surface area contributed by atoms with E-state index in [4.69, 9.17) is 0 Å². The summed E-state index contributed by atoms with van der Waals surface area (Å²) in [6, 6.07) is 0. The predicted molar refractivity (Wildman–Crippen MR) is 81.2 cm³/mol. The Morgan fingerprint density at radius 2 is 1.95 bits per heavy atom. The second-order valence-corrected chi connectivity index (χ2v) is 6.97. The number of nitrogens with zero attached hydrogens (tertiary/aromatic N) is 1. The molecular formula is C17H33NO. The van der Waals surface area contributed by atoms with E-state index in [-0.39, 0.29) is 6.10 Å². The Morgan fingerprint density at radius 1 is 1.11 bits per heavy atom. The molecule has 0 aromatic carbocycles. The molecule has 0 aromatic rings. The summed E-state index contributed by atoms with van der Waals surface area (Å²) in [5, 5.41) is 10.3. The van der Waals surface area contributed by atoms with Gasteiger partial charge in [0, 0.05) is 13.1 Å². The number of hydrogen-bond donors (Lipinski definition) is 1. The Hall–Kier alpha value is -0.0800. The maximum atomic E-state index is 10.3. The van der Waals surface area contributed by atoms with Crippen molar-refractivity contribution >= 4 is 0 Å². The number of likely N-dealkylation sites (tertiary alicyclic amines) is 1. The molecule has 1 saturated heterocycles. The van der Waals surface area contributed by atoms with Gasteiger partial charge < -0.3 is 10.0 Å². The largest absolute Gasteiger partial charge is 0.393 e. The summed E-state index contributed by atoms with van der Waals surface area (Å²) in [5.74, 6) is 2.33. The lowest BCUT2D eigenvalue weighted by Gasteiger charge is -2.39. The van der Waals surface area contributed by atoms with Crippen LogP contribution in [0.5, 0.6) is 0 Å². The summed E-state index contributed by atoms with van der Waals surface area (Å²) < 4.78 is 0. The summed E-state index contributed by atoms with van der Waals surface area (Å²) in [7, 11) is 0. The van der Waals surface area contributed by atoms with E-state index in [0.717, 1.165) is 24.8 Å². The highest BCUT2D eigenvalue weighted by Crippen LogP contribution is 2.33. The monoisotopic (exact) mass is 267 g/mol. The molecule has 0 spiro atoms. The molecule has 1 aliphatic heterocycles. The van der Waals surface area contributed by atoms with Crippen molar-refractivity contribution in [3.63, 3.8) is 0 Å². The standard InChI is InChI=1S/C17H33NO/c1-3-6-15-8-9-17(19)16(11-15)13-18-10-5-7-14(4-2)12-18/h14-17,19H,3-13H2,1-2H3. The number of hydrogen-bond acceptors (Lipinski definition) is 2. The van der Waals surface area contributed by atoms with Crippen molar-refractivity contribution in [1.29, 1.82) is 0 Å². The third-order valence-electron chi connectivity index (χ3n) is 5.42. The van der Waals surface area contributed by atoms with Gasteiger partial charge in [0.15, 0.2) is 0 Å². The molecule has 19 heavy (non-hydrogen) atoms. The highest BCUT2D eigenvalue weighted by atomic mass is 16.3. The third-order valence-corrected chi connectivity index (χ3v) is 5.42. The van der Waals surface area contributed by atoms with Crippen LogP contribution in [0.1, 0.15) is 65.2 Å². The van der Waals surface area contributed by atoms with Gasteiger partial charge in [0.25, 0.3) is 0 Å². The molecule has 2 aliphatic rings. The molecule has 1 heterocycles. The lowest BCUT2D eigenvalue weighted by atomic mass is 9.77. The molecule has 112 valence electrons. The summed E-state index contributed by atoms with van der Waals surface area (Å²) in [4.78, 5) is 2.64. The Kier molecular flexibility index (Phi) is 6.15. The van der Waals surface area contributed by atoms with Crippen LogP contribution in [0.3, 0.4) is 0 Å². The van der Waals surface area contributed by atoms with Gasteiger partial charge in [-0.1, -0.05) is 33.1 Å². The molecule has 0 bridgehead atoms. The first kappa shape index (κ1) is 15.3. The number of rotatable bonds is 5. The summed E-state index contributed by atoms with van der Waals surface area (Å²) >= 11 is 0. The van der Waals surface area contributed by atoms with Gasteiger partial charge in [-0.05, 0) is 56.4 Å². The molecule has 2 nitrogen and oxygen atoms in total. The predicted octanol–water partition coefficient (Wildman–Crippen LogP) is 3.69. The lowest BCUT2D eigenvalue weighted by molar-refractivity contribution is 0.0174. The van der Waals surface area contributed by atoms with Crippen LogP contribution in [0.15, 0.2) is 0 Å². The molecule has 4 atom stereocenters. The van der Waals surface area contributed by atoms with Crippen LogP contribution < -0.4 is 0 Å². The second kappa shape index (κ2) is 7.64. The number of aliphatic hydroxyl groups excluding tert-OH is 1. The minimum absolute atomic E-state index is 0.0323. The highest BCUT2D eigenvalue weighted by Gasteiger charge is 2.31. The van der Waals surface area contributed by atoms with Gasteiger partial charge in [-0.2, -0.15) is 0 Å². The van der Waals surface area contributed by atoms with E-state index in [1.807, 2.05) is 0 Å². The topological polar surface area (TPSA) is 23.5 Å². The Bertz CT molecular complexity index is 256. The fraction of sp³-hybridized carbons (Fsp3) is 1.00. The van der Waals surface area contributed by atoms with Crippen LogP contribution in [-0.2, 0) is 0 Å². The Morgan fingerprint density at radius 3 is 2.68 bits per heavy atom. The zero-order valence-corrected chi connectivity index (χ0v) is 13.0. The first-order valence-corrected chi connectivity index (χ1v) is 8.63. The summed E-state index contributed by atoms with van der Waals surface area (Å²) in [6.45, 7) is 8.30. The molecule has 0 amide bonds. The lowest BCUT2D eigenvalue weighted by Crippen LogP contribution is -2.43. The molecule has 1 aliphatic carbocycles. The fourth-order valence-electron chi connectivity index (χ4n) is 4.19. The zero-order chi connectivity index (χ0) is 13.7. The minimum Gasteiger partial charge on any atom is -0.393 e. The molecule has 4 unspecified atom stereocenters. The van der Waals surface area contributed by atoms with Crippen LogP contribution in [0, 0.1) is 17.8 Å². The minimum atomic E-state index is -0.0323. The van der Waals surface area contributed by atoms with Crippen molar-refractivity contribution in [2.45, 2.75) is 71.3 Å². The van der Waals surface area contributed by atoms with Crippen molar-refractivity contribution in [3.8, 4) is 0 Å². The maximum absolute atomic E-state index is 10.3. The normalized spacial score (nSPS) is 37.4. The Balaban J connectivity index is 1.82. The number of piperidine rings is 1. The van der Waals surface area contributed by atoms with Crippen molar-refractivity contribution in [2.24, 2.45) is 17.8 Å². The second-order valence-electron chi connectivity index (χ2n) is 6.97. The average Bonchev–Trinajstić information content (AvgIpc) is 2.43. The molecule has 2 rings (SSSR count). The maximum Gasteiger partial charge on any atom is 0.0580 e. The molecule has 2 fully saturated rings. The number of aliphatic hydroxyl groups is 1. The van der Waals surface area contributed by atoms with E-state index in [1.54, 1.807) is 0 Å². The van der Waals surface area contributed by atoms with E-state index in [2.05, 4.69) is 18.7 Å². The molecule has 0 radical (unpaired) electrons. The van der Waals surface area contributed by atoms with Crippen LogP contribution in [0.25, 0.3) is 0 Å². The van der Waals surface area contributed by atoms with Gasteiger partial charge >= 0.3 is 0 Å². The molecule has 1 saturated carbocycles. The van der Waals surface area contributed by atoms with Gasteiger partial charge in [0.05, 0.1) is 6.10 Å². The van der Waals surface area contributed by atoms with Gasteiger partial charge in [0.2, 0.25) is 0 Å². The van der Waals surface area contributed by atoms with Gasteiger partial charge in [0.1, 0.15) is 0 Å². The average molecular weight is 267 g/mol. The third kappa shape index (κ3) is 4.46.